The summed E-state index contributed by atoms with van der Waals surface area (Å²) in [6.45, 7) is 5.64. The van der Waals surface area contributed by atoms with Gasteiger partial charge in [-0.05, 0) is 44.0 Å². The quantitative estimate of drug-likeness (QED) is 0.741. The Labute approximate surface area is 154 Å². The van der Waals surface area contributed by atoms with Crippen molar-refractivity contribution in [2.45, 2.75) is 38.8 Å². The van der Waals surface area contributed by atoms with Crippen molar-refractivity contribution in [3.63, 3.8) is 0 Å². The van der Waals surface area contributed by atoms with Gasteiger partial charge in [-0.15, -0.1) is 12.4 Å². The molecular weight excluding hydrogens is 349 g/mol. The molecule has 1 aliphatic rings. The number of hydrogen-bond donors (Lipinski definition) is 3. The Hall–Kier alpha value is -1.30. The molecule has 1 fully saturated rings. The highest BCUT2D eigenvalue weighted by molar-refractivity contribution is 6.33. The number of hydrogen-bond acceptors (Lipinski definition) is 3. The Kier molecular flexibility index (Phi) is 8.53. The fourth-order valence-electron chi connectivity index (χ4n) is 2.66. The Bertz CT molecular complexity index is 561. The average Bonchev–Trinajstić information content (AvgIpc) is 2.53. The first-order valence-electron chi connectivity index (χ1n) is 8.05. The predicted molar refractivity (Wildman–Crippen MR) is 98.8 cm³/mol. The van der Waals surface area contributed by atoms with Gasteiger partial charge in [0.2, 0.25) is 5.91 Å². The normalized spacial score (nSPS) is 16.2. The van der Waals surface area contributed by atoms with Crippen LogP contribution in [0.25, 0.3) is 0 Å². The number of carbonyl (C=O) groups is 2. The smallest absolute Gasteiger partial charge is 0.253 e. The summed E-state index contributed by atoms with van der Waals surface area (Å²) in [5, 5.41) is 9.50. The molecule has 5 nitrogen and oxygen atoms in total. The molecule has 0 saturated carbocycles. The van der Waals surface area contributed by atoms with Crippen LogP contribution < -0.4 is 16.0 Å². The van der Waals surface area contributed by atoms with Gasteiger partial charge in [0, 0.05) is 6.04 Å². The Morgan fingerprint density at radius 1 is 1.21 bits per heavy atom. The van der Waals surface area contributed by atoms with Gasteiger partial charge in [-0.3, -0.25) is 9.59 Å². The van der Waals surface area contributed by atoms with Gasteiger partial charge >= 0.3 is 0 Å². The molecule has 1 aromatic rings. The number of piperidine rings is 1. The predicted octanol–water partition coefficient (Wildman–Crippen LogP) is 2.38. The molecule has 0 radical (unpaired) electrons. The van der Waals surface area contributed by atoms with Crippen LogP contribution in [-0.4, -0.2) is 37.0 Å². The van der Waals surface area contributed by atoms with Crippen LogP contribution in [0.4, 0.5) is 0 Å². The van der Waals surface area contributed by atoms with E-state index >= 15 is 0 Å². The SMILES string of the molecule is CC(C)C(NC(=O)c1ccccc1Cl)C(=O)NC1CCNCC1.Cl. The molecule has 0 spiro atoms. The molecule has 1 saturated heterocycles. The molecule has 0 aliphatic carbocycles. The van der Waals surface area contributed by atoms with E-state index in [0.29, 0.717) is 10.6 Å². The maximum absolute atomic E-state index is 12.5. The third kappa shape index (κ3) is 5.65. The molecule has 1 atom stereocenters. The van der Waals surface area contributed by atoms with Crippen molar-refractivity contribution < 1.29 is 9.59 Å². The molecule has 1 unspecified atom stereocenters. The van der Waals surface area contributed by atoms with E-state index < -0.39 is 6.04 Å². The molecule has 3 N–H and O–H groups in total. The van der Waals surface area contributed by atoms with Crippen LogP contribution >= 0.6 is 24.0 Å². The van der Waals surface area contributed by atoms with Crippen LogP contribution in [0.5, 0.6) is 0 Å². The average molecular weight is 374 g/mol. The highest BCUT2D eigenvalue weighted by Crippen LogP contribution is 2.15. The molecule has 24 heavy (non-hydrogen) atoms. The number of carbonyl (C=O) groups excluding carboxylic acids is 2. The first-order chi connectivity index (χ1) is 11.0. The molecule has 134 valence electrons. The minimum Gasteiger partial charge on any atom is -0.351 e. The lowest BCUT2D eigenvalue weighted by Gasteiger charge is -2.28. The Morgan fingerprint density at radius 2 is 1.83 bits per heavy atom. The summed E-state index contributed by atoms with van der Waals surface area (Å²) in [6.07, 6.45) is 1.82. The molecule has 0 aromatic heterocycles. The lowest BCUT2D eigenvalue weighted by Crippen LogP contribution is -2.53. The number of nitrogens with one attached hydrogen (secondary N) is 3. The second-order valence-electron chi connectivity index (χ2n) is 6.21. The van der Waals surface area contributed by atoms with Gasteiger partial charge in [-0.2, -0.15) is 0 Å². The maximum Gasteiger partial charge on any atom is 0.253 e. The van der Waals surface area contributed by atoms with Gasteiger partial charge in [0.05, 0.1) is 10.6 Å². The maximum atomic E-state index is 12.5. The van der Waals surface area contributed by atoms with Crippen molar-refractivity contribution in [2.75, 3.05) is 13.1 Å². The van der Waals surface area contributed by atoms with Crippen molar-refractivity contribution >= 4 is 35.8 Å². The van der Waals surface area contributed by atoms with Crippen molar-refractivity contribution in [1.29, 1.82) is 0 Å². The molecule has 2 amide bonds. The van der Waals surface area contributed by atoms with Crippen LogP contribution in [0, 0.1) is 5.92 Å². The lowest BCUT2D eigenvalue weighted by atomic mass is 10.0. The van der Waals surface area contributed by atoms with Gasteiger partial charge in [-0.1, -0.05) is 37.6 Å². The summed E-state index contributed by atoms with van der Waals surface area (Å²) in [5.74, 6) is -0.467. The zero-order valence-electron chi connectivity index (χ0n) is 14.0. The summed E-state index contributed by atoms with van der Waals surface area (Å²) in [7, 11) is 0. The highest BCUT2D eigenvalue weighted by Gasteiger charge is 2.27. The molecule has 1 aromatic carbocycles. The van der Waals surface area contributed by atoms with Gasteiger partial charge in [0.25, 0.3) is 5.91 Å². The largest absolute Gasteiger partial charge is 0.351 e. The van der Waals surface area contributed by atoms with Gasteiger partial charge in [0.15, 0.2) is 0 Å². The molecule has 7 heteroatoms. The molecule has 1 heterocycles. The summed E-state index contributed by atoms with van der Waals surface area (Å²) < 4.78 is 0. The fourth-order valence-corrected chi connectivity index (χ4v) is 2.88. The van der Waals surface area contributed by atoms with E-state index in [9.17, 15) is 9.59 Å². The van der Waals surface area contributed by atoms with Crippen LogP contribution in [0.3, 0.4) is 0 Å². The Morgan fingerprint density at radius 3 is 2.42 bits per heavy atom. The van der Waals surface area contributed by atoms with Crippen molar-refractivity contribution in [3.8, 4) is 0 Å². The lowest BCUT2D eigenvalue weighted by molar-refractivity contribution is -0.124. The number of rotatable bonds is 5. The van der Waals surface area contributed by atoms with E-state index in [1.807, 2.05) is 13.8 Å². The van der Waals surface area contributed by atoms with Gasteiger partial charge < -0.3 is 16.0 Å². The van der Waals surface area contributed by atoms with E-state index in [2.05, 4.69) is 16.0 Å². The van der Waals surface area contributed by atoms with Crippen molar-refractivity contribution in [1.82, 2.24) is 16.0 Å². The highest BCUT2D eigenvalue weighted by atomic mass is 35.5. The summed E-state index contributed by atoms with van der Waals surface area (Å²) in [5.41, 5.74) is 0.384. The van der Waals surface area contributed by atoms with E-state index in [1.165, 1.54) is 0 Å². The second-order valence-corrected chi connectivity index (χ2v) is 6.62. The summed E-state index contributed by atoms with van der Waals surface area (Å²) in [6, 6.07) is 6.43. The third-order valence-corrected chi connectivity index (χ3v) is 4.37. The van der Waals surface area contributed by atoms with Crippen LogP contribution in [-0.2, 0) is 4.79 Å². The first-order valence-corrected chi connectivity index (χ1v) is 8.43. The van der Waals surface area contributed by atoms with E-state index in [4.69, 9.17) is 11.6 Å². The minimum absolute atomic E-state index is 0. The molecular formula is C17H25Cl2N3O2. The first kappa shape index (κ1) is 20.7. The minimum atomic E-state index is -0.575. The fraction of sp³-hybridized carbons (Fsp3) is 0.529. The topological polar surface area (TPSA) is 70.2 Å². The van der Waals surface area contributed by atoms with E-state index in [0.717, 1.165) is 25.9 Å². The zero-order valence-corrected chi connectivity index (χ0v) is 15.5. The van der Waals surface area contributed by atoms with E-state index in [1.54, 1.807) is 24.3 Å². The number of halogens is 2. The van der Waals surface area contributed by atoms with Crippen LogP contribution in [0.1, 0.15) is 37.0 Å². The summed E-state index contributed by atoms with van der Waals surface area (Å²) in [4.78, 5) is 24.9. The van der Waals surface area contributed by atoms with E-state index in [-0.39, 0.29) is 36.2 Å². The number of benzene rings is 1. The van der Waals surface area contributed by atoms with Crippen LogP contribution in [0.2, 0.25) is 5.02 Å². The van der Waals surface area contributed by atoms with Gasteiger partial charge in [0.1, 0.15) is 6.04 Å². The molecule has 1 aliphatic heterocycles. The van der Waals surface area contributed by atoms with Crippen LogP contribution in [0.15, 0.2) is 24.3 Å². The van der Waals surface area contributed by atoms with Crippen molar-refractivity contribution in [2.24, 2.45) is 5.92 Å². The van der Waals surface area contributed by atoms with Gasteiger partial charge in [-0.25, -0.2) is 0 Å². The third-order valence-electron chi connectivity index (χ3n) is 4.04. The summed E-state index contributed by atoms with van der Waals surface area (Å²) >= 11 is 6.05. The molecule has 2 rings (SSSR count). The van der Waals surface area contributed by atoms with Crippen molar-refractivity contribution in [3.05, 3.63) is 34.9 Å². The monoisotopic (exact) mass is 373 g/mol. The standard InChI is InChI=1S/C17H24ClN3O2.ClH/c1-11(2)15(17(23)20-12-7-9-19-10-8-12)21-16(22)13-5-3-4-6-14(13)18;/h3-6,11-12,15,19H,7-10H2,1-2H3,(H,20,23)(H,21,22);1H. The zero-order chi connectivity index (χ0) is 16.8. The second kappa shape index (κ2) is 9.87. The number of amides is 2. The molecule has 0 bridgehead atoms. The Balaban J connectivity index is 0.00000288.